The predicted molar refractivity (Wildman–Crippen MR) is 76.7 cm³/mol. The van der Waals surface area contributed by atoms with Crippen LogP contribution in [0, 0.1) is 0 Å². The third-order valence-corrected chi connectivity index (χ3v) is 4.29. The second-order valence-electron chi connectivity index (χ2n) is 4.99. The van der Waals surface area contributed by atoms with Crippen LogP contribution in [-0.2, 0) is 9.53 Å². The summed E-state index contributed by atoms with van der Waals surface area (Å²) in [7, 11) is 0. The molecule has 0 saturated carbocycles. The van der Waals surface area contributed by atoms with Gasteiger partial charge in [0.1, 0.15) is 0 Å². The Kier molecular flexibility index (Phi) is 3.71. The summed E-state index contributed by atoms with van der Waals surface area (Å²) in [6, 6.07) is 3.14. The fraction of sp³-hybridized carbons (Fsp3) is 0.429. The number of carbonyl (C=O) groups is 2. The van der Waals surface area contributed by atoms with Gasteiger partial charge in [0.05, 0.1) is 33.9 Å². The first-order valence-electron chi connectivity index (χ1n) is 6.55. The molecule has 1 atom stereocenters. The number of amides is 1. The predicted octanol–water partition coefficient (Wildman–Crippen LogP) is 3.09. The summed E-state index contributed by atoms with van der Waals surface area (Å²) in [4.78, 5) is 25.6. The van der Waals surface area contributed by atoms with Gasteiger partial charge in [0.15, 0.2) is 0 Å². The number of Topliss-reactive ketones (excluding diaryl/α,β-unsaturated/α-hetero) is 1. The molecule has 6 heteroatoms. The largest absolute Gasteiger partial charge is 0.376 e. The van der Waals surface area contributed by atoms with Crippen molar-refractivity contribution in [3.8, 4) is 0 Å². The average Bonchev–Trinajstić information content (AvgIpc) is 2.70. The zero-order chi connectivity index (χ0) is 14.3. The Bertz CT molecular complexity index is 582. The highest BCUT2D eigenvalue weighted by atomic mass is 35.5. The lowest BCUT2D eigenvalue weighted by Crippen LogP contribution is -2.39. The Morgan fingerprint density at radius 2 is 1.95 bits per heavy atom. The molecule has 1 aromatic rings. The van der Waals surface area contributed by atoms with Crippen LogP contribution >= 0.6 is 23.2 Å². The smallest absolute Gasteiger partial charge is 0.299 e. The molecule has 0 aromatic heterocycles. The number of anilines is 1. The summed E-state index contributed by atoms with van der Waals surface area (Å²) in [5.41, 5.74) is 0.628. The van der Waals surface area contributed by atoms with Crippen LogP contribution in [0.4, 0.5) is 5.69 Å². The maximum Gasteiger partial charge on any atom is 0.299 e. The van der Waals surface area contributed by atoms with Gasteiger partial charge < -0.3 is 9.64 Å². The first kappa shape index (κ1) is 13.9. The van der Waals surface area contributed by atoms with Crippen LogP contribution in [0.2, 0.25) is 10.0 Å². The van der Waals surface area contributed by atoms with Gasteiger partial charge in [-0.25, -0.2) is 0 Å². The molecule has 1 fully saturated rings. The number of hydrogen-bond donors (Lipinski definition) is 0. The number of halogens is 2. The van der Waals surface area contributed by atoms with Gasteiger partial charge in [0.25, 0.3) is 11.7 Å². The number of carbonyl (C=O) groups excluding carboxylic acids is 2. The Balaban J connectivity index is 1.95. The van der Waals surface area contributed by atoms with Gasteiger partial charge in [0, 0.05) is 6.61 Å². The standard InChI is InChI=1S/C14H13Cl2NO3/c15-9-4-5-10(16)12-11(9)13(18)14(19)17(12)7-8-3-1-2-6-20-8/h4-5,8H,1-3,6-7H2. The van der Waals surface area contributed by atoms with Crippen LogP contribution in [0.25, 0.3) is 0 Å². The van der Waals surface area contributed by atoms with Crippen LogP contribution in [0.15, 0.2) is 12.1 Å². The number of fused-ring (bicyclic) bond motifs is 1. The first-order valence-corrected chi connectivity index (χ1v) is 7.31. The van der Waals surface area contributed by atoms with E-state index in [4.69, 9.17) is 27.9 Å². The van der Waals surface area contributed by atoms with E-state index in [2.05, 4.69) is 0 Å². The van der Waals surface area contributed by atoms with Crippen molar-refractivity contribution in [1.29, 1.82) is 0 Å². The molecule has 3 rings (SSSR count). The molecule has 20 heavy (non-hydrogen) atoms. The minimum Gasteiger partial charge on any atom is -0.376 e. The average molecular weight is 314 g/mol. The van der Waals surface area contributed by atoms with Gasteiger partial charge in [0.2, 0.25) is 0 Å². The molecule has 0 bridgehead atoms. The van der Waals surface area contributed by atoms with E-state index in [1.54, 1.807) is 6.07 Å². The Labute approximate surface area is 126 Å². The molecule has 0 spiro atoms. The van der Waals surface area contributed by atoms with Crippen molar-refractivity contribution in [2.75, 3.05) is 18.1 Å². The third kappa shape index (κ3) is 2.22. The second-order valence-corrected chi connectivity index (χ2v) is 5.80. The maximum atomic E-state index is 12.1. The lowest BCUT2D eigenvalue weighted by atomic mass is 10.1. The van der Waals surface area contributed by atoms with E-state index in [9.17, 15) is 9.59 Å². The Hall–Kier alpha value is -1.10. The molecule has 1 unspecified atom stereocenters. The fourth-order valence-electron chi connectivity index (χ4n) is 2.68. The Morgan fingerprint density at radius 1 is 1.20 bits per heavy atom. The fourth-order valence-corrected chi connectivity index (χ4v) is 3.18. The van der Waals surface area contributed by atoms with Crippen molar-refractivity contribution in [2.24, 2.45) is 0 Å². The number of ketones is 1. The summed E-state index contributed by atoms with van der Waals surface area (Å²) in [6.45, 7) is 1.04. The van der Waals surface area contributed by atoms with E-state index >= 15 is 0 Å². The van der Waals surface area contributed by atoms with Crippen molar-refractivity contribution < 1.29 is 14.3 Å². The number of ether oxygens (including phenoxy) is 1. The van der Waals surface area contributed by atoms with Gasteiger partial charge in [-0.2, -0.15) is 0 Å². The topological polar surface area (TPSA) is 46.6 Å². The highest BCUT2D eigenvalue weighted by Crippen LogP contribution is 2.40. The highest BCUT2D eigenvalue weighted by molar-refractivity contribution is 6.57. The second kappa shape index (κ2) is 5.35. The van der Waals surface area contributed by atoms with Gasteiger partial charge >= 0.3 is 0 Å². The van der Waals surface area contributed by atoms with E-state index in [1.807, 2.05) is 0 Å². The van der Waals surface area contributed by atoms with Crippen LogP contribution in [0.5, 0.6) is 0 Å². The zero-order valence-electron chi connectivity index (χ0n) is 10.7. The monoisotopic (exact) mass is 313 g/mol. The third-order valence-electron chi connectivity index (χ3n) is 3.67. The van der Waals surface area contributed by atoms with Gasteiger partial charge in [-0.1, -0.05) is 23.2 Å². The number of rotatable bonds is 2. The minimum atomic E-state index is -0.594. The summed E-state index contributed by atoms with van der Waals surface area (Å²) in [6.07, 6.45) is 2.93. The Morgan fingerprint density at radius 3 is 2.65 bits per heavy atom. The number of nitrogens with zero attached hydrogens (tertiary/aromatic N) is 1. The minimum absolute atomic E-state index is 0.0542. The summed E-state index contributed by atoms with van der Waals surface area (Å²) in [5.74, 6) is -1.17. The van der Waals surface area contributed by atoms with E-state index in [1.165, 1.54) is 11.0 Å². The lowest BCUT2D eigenvalue weighted by molar-refractivity contribution is -0.114. The van der Waals surface area contributed by atoms with E-state index in [0.29, 0.717) is 23.9 Å². The van der Waals surface area contributed by atoms with Crippen molar-refractivity contribution in [3.63, 3.8) is 0 Å². The summed E-state index contributed by atoms with van der Waals surface area (Å²) in [5, 5.41) is 0.620. The quantitative estimate of drug-likeness (QED) is 0.788. The molecule has 0 radical (unpaired) electrons. The molecular formula is C14H13Cl2NO3. The molecule has 2 aliphatic heterocycles. The molecule has 2 heterocycles. The molecule has 4 nitrogen and oxygen atoms in total. The molecular weight excluding hydrogens is 301 g/mol. The molecule has 1 saturated heterocycles. The van der Waals surface area contributed by atoms with Crippen molar-refractivity contribution in [2.45, 2.75) is 25.4 Å². The summed E-state index contributed by atoms with van der Waals surface area (Å²) < 4.78 is 5.63. The molecule has 1 aromatic carbocycles. The molecule has 106 valence electrons. The maximum absolute atomic E-state index is 12.1. The lowest BCUT2D eigenvalue weighted by Gasteiger charge is -2.27. The van der Waals surface area contributed by atoms with Gasteiger partial charge in [-0.15, -0.1) is 0 Å². The molecule has 0 aliphatic carbocycles. The number of benzene rings is 1. The van der Waals surface area contributed by atoms with Crippen molar-refractivity contribution >= 4 is 40.6 Å². The SMILES string of the molecule is O=C1C(=O)N(CC2CCCCO2)c2c(Cl)ccc(Cl)c21. The molecule has 2 aliphatic rings. The van der Waals surface area contributed by atoms with Gasteiger partial charge in [-0.05, 0) is 31.4 Å². The van der Waals surface area contributed by atoms with E-state index in [0.717, 1.165) is 19.3 Å². The van der Waals surface area contributed by atoms with Crippen LogP contribution in [-0.4, -0.2) is 30.9 Å². The molecule has 1 amide bonds. The van der Waals surface area contributed by atoms with Crippen LogP contribution in [0.3, 0.4) is 0 Å². The normalized spacial score (nSPS) is 22.3. The number of hydrogen-bond acceptors (Lipinski definition) is 3. The van der Waals surface area contributed by atoms with E-state index in [-0.39, 0.29) is 16.7 Å². The van der Waals surface area contributed by atoms with Crippen LogP contribution in [0.1, 0.15) is 29.6 Å². The van der Waals surface area contributed by atoms with Crippen molar-refractivity contribution in [3.05, 3.63) is 27.7 Å². The van der Waals surface area contributed by atoms with Gasteiger partial charge in [-0.3, -0.25) is 9.59 Å². The zero-order valence-corrected chi connectivity index (χ0v) is 12.2. The van der Waals surface area contributed by atoms with Crippen LogP contribution < -0.4 is 4.90 Å². The molecule has 0 N–H and O–H groups in total. The van der Waals surface area contributed by atoms with Crippen molar-refractivity contribution in [1.82, 2.24) is 0 Å². The highest BCUT2D eigenvalue weighted by Gasteiger charge is 2.40. The summed E-state index contributed by atoms with van der Waals surface area (Å²) >= 11 is 12.2. The first-order chi connectivity index (χ1) is 9.59. The van der Waals surface area contributed by atoms with E-state index < -0.39 is 11.7 Å².